The lowest BCUT2D eigenvalue weighted by atomic mass is 9.87. The number of rotatable bonds is 6. The normalized spacial score (nSPS) is 25.1. The van der Waals surface area contributed by atoms with Crippen LogP contribution in [0.2, 0.25) is 0 Å². The first-order valence-corrected chi connectivity index (χ1v) is 12.4. The molecule has 10 nitrogen and oxygen atoms in total. The lowest BCUT2D eigenvalue weighted by Crippen LogP contribution is -2.46. The number of nitrogens with two attached hydrogens (primary N) is 1. The van der Waals surface area contributed by atoms with Gasteiger partial charge in [-0.2, -0.15) is 9.78 Å². The lowest BCUT2D eigenvalue weighted by Gasteiger charge is -2.34. The second kappa shape index (κ2) is 9.74. The van der Waals surface area contributed by atoms with Crippen molar-refractivity contribution in [3.63, 3.8) is 0 Å². The molecule has 1 amide bonds. The Kier molecular flexibility index (Phi) is 6.64. The van der Waals surface area contributed by atoms with Crippen LogP contribution in [0.4, 0.5) is 14.6 Å². The van der Waals surface area contributed by atoms with E-state index in [1.165, 1.54) is 10.9 Å². The highest BCUT2D eigenvalue weighted by Gasteiger charge is 2.32. The Hall–Kier alpha value is -3.12. The van der Waals surface area contributed by atoms with E-state index < -0.39 is 12.3 Å². The Morgan fingerprint density at radius 1 is 1.22 bits per heavy atom. The van der Waals surface area contributed by atoms with Crippen LogP contribution >= 0.6 is 0 Å². The maximum atomic E-state index is 14.1. The molecule has 2 fully saturated rings. The number of alkyl halides is 2. The van der Waals surface area contributed by atoms with Crippen LogP contribution in [0.3, 0.4) is 0 Å². The second-order valence-corrected chi connectivity index (χ2v) is 9.91. The molecule has 1 aliphatic carbocycles. The van der Waals surface area contributed by atoms with Crippen LogP contribution in [0.15, 0.2) is 24.7 Å². The van der Waals surface area contributed by atoms with Gasteiger partial charge < -0.3 is 20.5 Å². The maximum absolute atomic E-state index is 14.1. The van der Waals surface area contributed by atoms with Crippen molar-refractivity contribution in [1.82, 2.24) is 19.4 Å². The molecule has 3 aromatic rings. The van der Waals surface area contributed by atoms with Crippen molar-refractivity contribution >= 4 is 17.4 Å². The maximum Gasteiger partial charge on any atom is 0.363 e. The molecule has 4 heterocycles. The quantitative estimate of drug-likeness (QED) is 0.498. The fourth-order valence-electron chi connectivity index (χ4n) is 5.41. The molecule has 36 heavy (non-hydrogen) atoms. The Balaban J connectivity index is 1.56. The Morgan fingerprint density at radius 3 is 2.53 bits per heavy atom. The number of primary amides is 1. The largest absolute Gasteiger partial charge is 0.396 e. The summed E-state index contributed by atoms with van der Waals surface area (Å²) in [5.41, 5.74) is 5.86. The number of aromatic nitrogens is 5. The number of ether oxygens (including phenoxy) is 1. The molecule has 1 aliphatic heterocycles. The number of carbonyl (C=O) groups excluding carboxylic acids is 1. The van der Waals surface area contributed by atoms with E-state index in [-0.39, 0.29) is 53.4 Å². The van der Waals surface area contributed by atoms with Crippen LogP contribution < -0.4 is 15.1 Å². The zero-order chi connectivity index (χ0) is 25.6. The summed E-state index contributed by atoms with van der Waals surface area (Å²) in [6.45, 7) is 5.39. The van der Waals surface area contributed by atoms with Gasteiger partial charge in [-0.15, -0.1) is 4.52 Å². The van der Waals surface area contributed by atoms with Gasteiger partial charge in [0.25, 0.3) is 12.3 Å². The zero-order valence-corrected chi connectivity index (χ0v) is 20.4. The summed E-state index contributed by atoms with van der Waals surface area (Å²) >= 11 is 0. The van der Waals surface area contributed by atoms with Gasteiger partial charge in [0, 0.05) is 25.8 Å². The van der Waals surface area contributed by atoms with Crippen molar-refractivity contribution in [3.8, 4) is 5.69 Å². The number of amides is 1. The van der Waals surface area contributed by atoms with Crippen molar-refractivity contribution < 1.29 is 27.9 Å². The third kappa shape index (κ3) is 4.55. The van der Waals surface area contributed by atoms with Crippen molar-refractivity contribution in [1.29, 1.82) is 0 Å². The van der Waals surface area contributed by atoms with Crippen LogP contribution in [0.1, 0.15) is 68.0 Å². The number of hydrogen-bond donors (Lipinski definition) is 2. The van der Waals surface area contributed by atoms with Gasteiger partial charge in [0.15, 0.2) is 11.3 Å². The van der Waals surface area contributed by atoms with Gasteiger partial charge in [0.2, 0.25) is 5.82 Å². The number of fused-ring (bicyclic) bond motifs is 1. The Bertz CT molecular complexity index is 1240. The summed E-state index contributed by atoms with van der Waals surface area (Å²) in [5.74, 6) is 0.196. The summed E-state index contributed by atoms with van der Waals surface area (Å²) in [5, 5.41) is 13.7. The molecule has 3 aromatic heterocycles. The third-order valence-corrected chi connectivity index (χ3v) is 7.18. The van der Waals surface area contributed by atoms with Gasteiger partial charge in [0.1, 0.15) is 11.9 Å². The molecule has 1 saturated heterocycles. The van der Waals surface area contributed by atoms with E-state index in [0.29, 0.717) is 18.9 Å². The minimum Gasteiger partial charge on any atom is -0.396 e. The molecule has 2 aliphatic rings. The standard InChI is InChI=1S/C24H31F2N7O3/c1-14-9-30(10-15(2)36-14)20-7-8-32-24(28-20)18(23(27)35)11-33(32)19-12-31(29-21(19)22(25)26)17-5-3-16(13-34)4-6-17/h7-8,11-12,14-17,22,34H,3-6,9-10,13H2,1-2H3,(H-,27,35)/p+1/t14-,15+,16?,17?. The van der Waals surface area contributed by atoms with Gasteiger partial charge in [-0.3, -0.25) is 9.48 Å². The predicted octanol–water partition coefficient (Wildman–Crippen LogP) is 2.18. The molecular weight excluding hydrogens is 472 g/mol. The van der Waals surface area contributed by atoms with E-state index in [9.17, 15) is 18.7 Å². The number of morpholine rings is 1. The van der Waals surface area contributed by atoms with E-state index in [4.69, 9.17) is 15.5 Å². The summed E-state index contributed by atoms with van der Waals surface area (Å²) < 4.78 is 38.6. The van der Waals surface area contributed by atoms with E-state index in [1.807, 2.05) is 13.8 Å². The fraction of sp³-hybridized carbons (Fsp3) is 0.583. The molecule has 0 radical (unpaired) electrons. The van der Waals surface area contributed by atoms with Crippen LogP contribution in [0.5, 0.6) is 0 Å². The topological polar surface area (TPSA) is 116 Å². The lowest BCUT2D eigenvalue weighted by molar-refractivity contribution is -0.600. The first-order chi connectivity index (χ1) is 17.2. The summed E-state index contributed by atoms with van der Waals surface area (Å²) in [4.78, 5) is 19.1. The van der Waals surface area contributed by atoms with Crippen LogP contribution in [-0.4, -0.2) is 62.4 Å². The van der Waals surface area contributed by atoms with Gasteiger partial charge in [-0.25, -0.2) is 8.78 Å². The minimum absolute atomic E-state index is 0.0194. The van der Waals surface area contributed by atoms with E-state index in [0.717, 1.165) is 25.7 Å². The van der Waals surface area contributed by atoms with E-state index in [2.05, 4.69) is 10.00 Å². The number of anilines is 1. The average Bonchev–Trinajstić information content (AvgIpc) is 3.45. The molecular formula is C24H32F2N7O3+. The summed E-state index contributed by atoms with van der Waals surface area (Å²) in [6, 6.07) is 1.76. The van der Waals surface area contributed by atoms with E-state index in [1.54, 1.807) is 27.7 Å². The SMILES string of the molecule is C[C@@H]1CN(c2cc[n+]3c(n2)c(C(N)=O)cn3-c2cn(C3CCC(CO)CC3)nc2C(F)F)C[C@H](C)O1. The molecule has 0 aromatic carbocycles. The highest BCUT2D eigenvalue weighted by atomic mass is 19.3. The molecule has 0 spiro atoms. The first-order valence-electron chi connectivity index (χ1n) is 12.4. The van der Waals surface area contributed by atoms with E-state index >= 15 is 0 Å². The molecule has 12 heteroatoms. The van der Waals surface area contributed by atoms with Crippen molar-refractivity contribution in [3.05, 3.63) is 35.9 Å². The second-order valence-electron chi connectivity index (χ2n) is 9.91. The monoisotopic (exact) mass is 504 g/mol. The van der Waals surface area contributed by atoms with Crippen LogP contribution in [0.25, 0.3) is 11.3 Å². The molecule has 5 rings (SSSR count). The molecule has 0 bridgehead atoms. The fourth-order valence-corrected chi connectivity index (χ4v) is 5.41. The van der Waals surface area contributed by atoms with Gasteiger partial charge in [-0.1, -0.05) is 0 Å². The molecule has 2 atom stereocenters. The minimum atomic E-state index is -2.81. The third-order valence-electron chi connectivity index (χ3n) is 7.18. The highest BCUT2D eigenvalue weighted by Crippen LogP contribution is 2.34. The number of aliphatic hydroxyl groups excluding tert-OH is 1. The number of carbonyl (C=O) groups is 1. The van der Waals surface area contributed by atoms with Crippen molar-refractivity contribution in [2.45, 2.75) is 64.2 Å². The number of hydrogen-bond acceptors (Lipinski definition) is 6. The smallest absolute Gasteiger partial charge is 0.363 e. The first kappa shape index (κ1) is 24.6. The zero-order valence-electron chi connectivity index (χ0n) is 20.4. The summed E-state index contributed by atoms with van der Waals surface area (Å²) in [6.07, 6.45) is 5.11. The molecule has 194 valence electrons. The predicted molar refractivity (Wildman–Crippen MR) is 126 cm³/mol. The molecule has 1 saturated carbocycles. The number of nitrogens with zero attached hydrogens (tertiary/aromatic N) is 6. The Morgan fingerprint density at radius 2 is 1.92 bits per heavy atom. The van der Waals surface area contributed by atoms with Gasteiger partial charge >= 0.3 is 5.65 Å². The van der Waals surface area contributed by atoms with Gasteiger partial charge in [-0.05, 0) is 50.4 Å². The average molecular weight is 505 g/mol. The number of aliphatic hydroxyl groups is 1. The molecule has 3 N–H and O–H groups in total. The molecule has 0 unspecified atom stereocenters. The van der Waals surface area contributed by atoms with Crippen molar-refractivity contribution in [2.75, 3.05) is 24.6 Å². The highest BCUT2D eigenvalue weighted by molar-refractivity contribution is 5.97. The van der Waals surface area contributed by atoms with Gasteiger partial charge in [0.05, 0.1) is 30.6 Å². The Labute approximate surface area is 207 Å². The van der Waals surface area contributed by atoms with Crippen LogP contribution in [0, 0.1) is 5.92 Å². The van der Waals surface area contributed by atoms with Crippen LogP contribution in [-0.2, 0) is 4.74 Å². The summed E-state index contributed by atoms with van der Waals surface area (Å²) in [7, 11) is 0. The number of halogens is 2. The van der Waals surface area contributed by atoms with Crippen molar-refractivity contribution in [2.24, 2.45) is 11.7 Å².